The summed E-state index contributed by atoms with van der Waals surface area (Å²) in [6, 6.07) is 4.85. The summed E-state index contributed by atoms with van der Waals surface area (Å²) in [5.41, 5.74) is 0. The molecule has 2 atom stereocenters. The van der Waals surface area contributed by atoms with Gasteiger partial charge in [-0.3, -0.25) is 19.3 Å². The van der Waals surface area contributed by atoms with Crippen LogP contribution >= 0.6 is 0 Å². The number of esters is 1. The average Bonchev–Trinajstić information content (AvgIpc) is 3.17. The molecule has 1 fully saturated rings. The first kappa shape index (κ1) is 15.7. The first-order valence-electron chi connectivity index (χ1n) is 8.24. The molecule has 0 N–H and O–H groups in total. The SMILES string of the molecule is O=C(CCN1C(=O)C2CC=CCC2C1=O)Oc1ccc2c(c1)OCO2. The molecule has 7 nitrogen and oxygen atoms in total. The summed E-state index contributed by atoms with van der Waals surface area (Å²) in [5, 5.41) is 0. The molecule has 2 heterocycles. The fourth-order valence-electron chi connectivity index (χ4n) is 3.42. The third-order valence-corrected chi connectivity index (χ3v) is 4.71. The number of rotatable bonds is 4. The second-order valence-corrected chi connectivity index (χ2v) is 6.22. The maximum Gasteiger partial charge on any atom is 0.313 e. The Hall–Kier alpha value is -2.83. The van der Waals surface area contributed by atoms with Gasteiger partial charge in [-0.1, -0.05) is 12.2 Å². The molecule has 3 aliphatic rings. The molecule has 0 bridgehead atoms. The minimum Gasteiger partial charge on any atom is -0.454 e. The van der Waals surface area contributed by atoms with Gasteiger partial charge in [0.25, 0.3) is 0 Å². The van der Waals surface area contributed by atoms with Crippen molar-refractivity contribution < 1.29 is 28.6 Å². The van der Waals surface area contributed by atoms with Crippen molar-refractivity contribution in [1.29, 1.82) is 0 Å². The lowest BCUT2D eigenvalue weighted by atomic mass is 9.85. The third kappa shape index (κ3) is 2.86. The van der Waals surface area contributed by atoms with Gasteiger partial charge < -0.3 is 14.2 Å². The summed E-state index contributed by atoms with van der Waals surface area (Å²) < 4.78 is 15.7. The number of benzene rings is 1. The lowest BCUT2D eigenvalue weighted by molar-refractivity contribution is -0.141. The van der Waals surface area contributed by atoms with E-state index in [1.807, 2.05) is 12.2 Å². The maximum absolute atomic E-state index is 12.3. The Morgan fingerprint density at radius 2 is 1.76 bits per heavy atom. The van der Waals surface area contributed by atoms with E-state index in [4.69, 9.17) is 14.2 Å². The monoisotopic (exact) mass is 343 g/mol. The van der Waals surface area contributed by atoms with Crippen molar-refractivity contribution in [2.24, 2.45) is 11.8 Å². The number of nitrogens with zero attached hydrogens (tertiary/aromatic N) is 1. The van der Waals surface area contributed by atoms with Gasteiger partial charge >= 0.3 is 5.97 Å². The highest BCUT2D eigenvalue weighted by Gasteiger charge is 2.46. The van der Waals surface area contributed by atoms with Gasteiger partial charge in [-0.15, -0.1) is 0 Å². The molecule has 130 valence electrons. The fraction of sp³-hybridized carbons (Fsp3) is 0.389. The topological polar surface area (TPSA) is 82.1 Å². The predicted molar refractivity (Wildman–Crippen MR) is 84.9 cm³/mol. The number of carbonyl (C=O) groups is 3. The zero-order valence-electron chi connectivity index (χ0n) is 13.5. The van der Waals surface area contributed by atoms with Crippen molar-refractivity contribution in [2.45, 2.75) is 19.3 Å². The quantitative estimate of drug-likeness (QED) is 0.358. The zero-order valence-corrected chi connectivity index (χ0v) is 13.5. The maximum atomic E-state index is 12.3. The van der Waals surface area contributed by atoms with Crippen LogP contribution in [0.15, 0.2) is 30.4 Å². The standard InChI is InChI=1S/C18H17NO6/c20-16(25-11-5-6-14-15(9-11)24-10-23-14)7-8-19-17(21)12-3-1-2-4-13(12)18(19)22/h1-2,5-6,9,12-13H,3-4,7-8,10H2. The van der Waals surface area contributed by atoms with E-state index in [0.717, 1.165) is 0 Å². The highest BCUT2D eigenvalue weighted by atomic mass is 16.7. The van der Waals surface area contributed by atoms with Crippen LogP contribution in [0.5, 0.6) is 17.2 Å². The van der Waals surface area contributed by atoms with E-state index in [2.05, 4.69) is 0 Å². The number of amides is 2. The molecule has 7 heteroatoms. The van der Waals surface area contributed by atoms with Crippen molar-refractivity contribution in [3.8, 4) is 17.2 Å². The summed E-state index contributed by atoms with van der Waals surface area (Å²) in [6.07, 6.45) is 5.01. The van der Waals surface area contributed by atoms with Crippen LogP contribution in [0.2, 0.25) is 0 Å². The largest absolute Gasteiger partial charge is 0.454 e. The van der Waals surface area contributed by atoms with Gasteiger partial charge in [0.1, 0.15) is 5.75 Å². The summed E-state index contributed by atoms with van der Waals surface area (Å²) >= 11 is 0. The first-order chi connectivity index (χ1) is 12.1. The number of carbonyl (C=O) groups excluding carboxylic acids is 3. The van der Waals surface area contributed by atoms with Crippen molar-refractivity contribution >= 4 is 17.8 Å². The Bertz CT molecular complexity index is 745. The lowest BCUT2D eigenvalue weighted by Crippen LogP contribution is -2.33. The minimum atomic E-state index is -0.507. The molecular weight excluding hydrogens is 326 g/mol. The lowest BCUT2D eigenvalue weighted by Gasteiger charge is -2.14. The van der Waals surface area contributed by atoms with Gasteiger partial charge in [-0.05, 0) is 25.0 Å². The Morgan fingerprint density at radius 3 is 2.48 bits per heavy atom. The van der Waals surface area contributed by atoms with Crippen LogP contribution in [-0.4, -0.2) is 36.0 Å². The Balaban J connectivity index is 1.34. The molecule has 0 aromatic heterocycles. The van der Waals surface area contributed by atoms with Crippen LogP contribution in [0.25, 0.3) is 0 Å². The van der Waals surface area contributed by atoms with Crippen LogP contribution in [0.4, 0.5) is 0 Å². The molecule has 2 aliphatic heterocycles. The van der Waals surface area contributed by atoms with Gasteiger partial charge in [-0.2, -0.15) is 0 Å². The molecule has 1 aromatic rings. The van der Waals surface area contributed by atoms with Crippen LogP contribution in [0.3, 0.4) is 0 Å². The van der Waals surface area contributed by atoms with Gasteiger partial charge in [0.2, 0.25) is 18.6 Å². The van der Waals surface area contributed by atoms with E-state index in [1.165, 1.54) is 4.90 Å². The second-order valence-electron chi connectivity index (χ2n) is 6.22. The molecule has 1 aliphatic carbocycles. The molecule has 0 radical (unpaired) electrons. The zero-order chi connectivity index (χ0) is 17.4. The van der Waals surface area contributed by atoms with E-state index in [0.29, 0.717) is 30.1 Å². The summed E-state index contributed by atoms with van der Waals surface area (Å²) in [4.78, 5) is 37.9. The van der Waals surface area contributed by atoms with E-state index in [9.17, 15) is 14.4 Å². The number of likely N-dealkylation sites (tertiary alicyclic amines) is 1. The van der Waals surface area contributed by atoms with E-state index in [1.54, 1.807) is 18.2 Å². The van der Waals surface area contributed by atoms with E-state index in [-0.39, 0.29) is 43.4 Å². The smallest absolute Gasteiger partial charge is 0.313 e. The molecule has 1 aromatic carbocycles. The second kappa shape index (κ2) is 6.23. The highest BCUT2D eigenvalue weighted by molar-refractivity contribution is 6.05. The number of imide groups is 1. The molecule has 0 spiro atoms. The van der Waals surface area contributed by atoms with E-state index >= 15 is 0 Å². The molecule has 25 heavy (non-hydrogen) atoms. The molecule has 0 saturated carbocycles. The van der Waals surface area contributed by atoms with Crippen LogP contribution in [0, 0.1) is 11.8 Å². The normalized spacial score (nSPS) is 23.8. The number of allylic oxidation sites excluding steroid dienone is 2. The van der Waals surface area contributed by atoms with Gasteiger partial charge in [0, 0.05) is 12.6 Å². The number of ether oxygens (including phenoxy) is 3. The Morgan fingerprint density at radius 1 is 1.08 bits per heavy atom. The molecule has 1 saturated heterocycles. The molecule has 4 rings (SSSR count). The highest BCUT2D eigenvalue weighted by Crippen LogP contribution is 2.36. The minimum absolute atomic E-state index is 0.0429. The number of hydrogen-bond acceptors (Lipinski definition) is 6. The predicted octanol–water partition coefficient (Wildman–Crippen LogP) is 1.66. The van der Waals surface area contributed by atoms with Crippen LogP contribution in [0.1, 0.15) is 19.3 Å². The van der Waals surface area contributed by atoms with Crippen LogP contribution < -0.4 is 14.2 Å². The molecule has 2 amide bonds. The van der Waals surface area contributed by atoms with Gasteiger partial charge in [0.15, 0.2) is 11.5 Å². The molecule has 2 unspecified atom stereocenters. The van der Waals surface area contributed by atoms with E-state index < -0.39 is 5.97 Å². The Labute approximate surface area is 144 Å². The summed E-state index contributed by atoms with van der Waals surface area (Å²) in [5.74, 6) is 0.0323. The first-order valence-corrected chi connectivity index (χ1v) is 8.24. The number of fused-ring (bicyclic) bond motifs is 2. The summed E-state index contributed by atoms with van der Waals surface area (Å²) in [7, 11) is 0. The van der Waals surface area contributed by atoms with Crippen molar-refractivity contribution in [3.63, 3.8) is 0 Å². The van der Waals surface area contributed by atoms with Gasteiger partial charge in [0.05, 0.1) is 18.3 Å². The third-order valence-electron chi connectivity index (χ3n) is 4.71. The Kier molecular flexibility index (Phi) is 3.91. The van der Waals surface area contributed by atoms with Crippen molar-refractivity contribution in [3.05, 3.63) is 30.4 Å². The van der Waals surface area contributed by atoms with Crippen molar-refractivity contribution in [1.82, 2.24) is 4.90 Å². The fourth-order valence-corrected chi connectivity index (χ4v) is 3.42. The number of hydrogen-bond donors (Lipinski definition) is 0. The van der Waals surface area contributed by atoms with Crippen molar-refractivity contribution in [2.75, 3.05) is 13.3 Å². The van der Waals surface area contributed by atoms with Crippen LogP contribution in [-0.2, 0) is 14.4 Å². The van der Waals surface area contributed by atoms with Gasteiger partial charge in [-0.25, -0.2) is 0 Å². The average molecular weight is 343 g/mol. The summed E-state index contributed by atoms with van der Waals surface area (Å²) in [6.45, 7) is 0.192. The molecular formula is C18H17NO6.